The Kier molecular flexibility index (Phi) is 5.37. The van der Waals surface area contributed by atoms with Crippen molar-refractivity contribution in [2.24, 2.45) is 0 Å². The normalized spacial score (nSPS) is 16.2. The number of pyridine rings is 1. The first kappa shape index (κ1) is 20.9. The van der Waals surface area contributed by atoms with E-state index in [1.54, 1.807) is 0 Å². The Labute approximate surface area is 176 Å². The van der Waals surface area contributed by atoms with Gasteiger partial charge in [-0.05, 0) is 29.7 Å². The molecule has 2 aromatic carbocycles. The van der Waals surface area contributed by atoms with E-state index in [1.165, 1.54) is 10.4 Å². The van der Waals surface area contributed by atoms with E-state index >= 15 is 0 Å². The summed E-state index contributed by atoms with van der Waals surface area (Å²) in [6.45, 7) is 0.954. The first-order chi connectivity index (χ1) is 14.2. The molecule has 0 atom stereocenters. The van der Waals surface area contributed by atoms with Crippen molar-refractivity contribution in [3.63, 3.8) is 0 Å². The Hall–Kier alpha value is -2.36. The minimum absolute atomic E-state index is 0.130. The van der Waals surface area contributed by atoms with Crippen molar-refractivity contribution in [1.82, 2.24) is 9.29 Å². The van der Waals surface area contributed by atoms with Crippen molar-refractivity contribution in [1.29, 1.82) is 0 Å². The molecule has 1 aliphatic rings. The van der Waals surface area contributed by atoms with Gasteiger partial charge < -0.3 is 4.90 Å². The highest BCUT2D eigenvalue weighted by Crippen LogP contribution is 2.32. The number of rotatable bonds is 3. The first-order valence-corrected chi connectivity index (χ1v) is 11.0. The van der Waals surface area contributed by atoms with Crippen molar-refractivity contribution in [3.05, 3.63) is 65.3 Å². The van der Waals surface area contributed by atoms with E-state index in [9.17, 15) is 21.6 Å². The molecule has 0 N–H and O–H groups in total. The number of anilines is 1. The number of fused-ring (bicyclic) bond motifs is 1. The number of sulfonamides is 1. The number of aromatic nitrogens is 1. The summed E-state index contributed by atoms with van der Waals surface area (Å²) < 4.78 is 65.7. The maximum Gasteiger partial charge on any atom is 0.416 e. The van der Waals surface area contributed by atoms with E-state index in [0.717, 1.165) is 22.9 Å². The van der Waals surface area contributed by atoms with Crippen LogP contribution in [0, 0.1) is 0 Å². The van der Waals surface area contributed by atoms with Crippen molar-refractivity contribution < 1.29 is 21.6 Å². The molecule has 0 bridgehead atoms. The van der Waals surface area contributed by atoms with E-state index in [4.69, 9.17) is 11.6 Å². The van der Waals surface area contributed by atoms with Crippen LogP contribution in [0.15, 0.2) is 59.5 Å². The van der Waals surface area contributed by atoms with Gasteiger partial charge in [0.05, 0.1) is 10.5 Å². The Bertz CT molecular complexity index is 1190. The Balaban J connectivity index is 1.53. The molecule has 5 nitrogen and oxygen atoms in total. The molecule has 0 unspecified atom stereocenters. The van der Waals surface area contributed by atoms with Crippen molar-refractivity contribution in [2.45, 2.75) is 11.1 Å². The van der Waals surface area contributed by atoms with Crippen LogP contribution in [0.2, 0.25) is 5.15 Å². The van der Waals surface area contributed by atoms with Crippen LogP contribution in [-0.2, 0) is 16.2 Å². The number of piperazine rings is 1. The highest BCUT2D eigenvalue weighted by Gasteiger charge is 2.34. The summed E-state index contributed by atoms with van der Waals surface area (Å²) in [6, 6.07) is 13.2. The second kappa shape index (κ2) is 7.72. The fourth-order valence-corrected chi connectivity index (χ4v) is 5.17. The summed E-state index contributed by atoms with van der Waals surface area (Å²) in [7, 11) is -4.03. The number of hydrogen-bond donors (Lipinski definition) is 0. The predicted octanol–water partition coefficient (Wildman–Crippen LogP) is 4.42. The molecule has 0 aliphatic carbocycles. The average Bonchev–Trinajstić information content (AvgIpc) is 2.73. The molecule has 158 valence electrons. The molecule has 0 radical (unpaired) electrons. The number of hydrogen-bond acceptors (Lipinski definition) is 4. The average molecular weight is 456 g/mol. The van der Waals surface area contributed by atoms with Crippen LogP contribution >= 0.6 is 11.6 Å². The minimum atomic E-state index is -4.61. The lowest BCUT2D eigenvalue weighted by atomic mass is 10.2. The third-order valence-corrected chi connectivity index (χ3v) is 7.22. The van der Waals surface area contributed by atoms with Gasteiger partial charge >= 0.3 is 6.18 Å². The van der Waals surface area contributed by atoms with Crippen molar-refractivity contribution in [3.8, 4) is 0 Å². The monoisotopic (exact) mass is 455 g/mol. The quantitative estimate of drug-likeness (QED) is 0.549. The van der Waals surface area contributed by atoms with Crippen molar-refractivity contribution in [2.75, 3.05) is 31.1 Å². The van der Waals surface area contributed by atoms with Gasteiger partial charge in [0, 0.05) is 31.6 Å². The Morgan fingerprint density at radius 1 is 0.933 bits per heavy atom. The van der Waals surface area contributed by atoms with Crippen LogP contribution in [0.3, 0.4) is 0 Å². The summed E-state index contributed by atoms with van der Waals surface area (Å²) in [5.74, 6) is 0.634. The third-order valence-electron chi connectivity index (χ3n) is 5.04. The fourth-order valence-electron chi connectivity index (χ4n) is 3.44. The zero-order valence-electron chi connectivity index (χ0n) is 15.6. The van der Waals surface area contributed by atoms with Gasteiger partial charge in [0.15, 0.2) is 0 Å². The van der Waals surface area contributed by atoms with E-state index in [0.29, 0.717) is 30.1 Å². The Morgan fingerprint density at radius 3 is 2.33 bits per heavy atom. The summed E-state index contributed by atoms with van der Waals surface area (Å²) in [5, 5.41) is 2.11. The molecule has 3 aromatic rings. The van der Waals surface area contributed by atoms with E-state index in [1.807, 2.05) is 35.2 Å². The summed E-state index contributed by atoms with van der Waals surface area (Å²) in [6.07, 6.45) is -4.61. The number of benzene rings is 2. The molecule has 1 fully saturated rings. The van der Waals surface area contributed by atoms with Gasteiger partial charge in [-0.1, -0.05) is 41.9 Å². The highest BCUT2D eigenvalue weighted by molar-refractivity contribution is 7.89. The van der Waals surface area contributed by atoms with Crippen LogP contribution in [-0.4, -0.2) is 43.9 Å². The van der Waals surface area contributed by atoms with Crippen LogP contribution in [0.25, 0.3) is 10.8 Å². The maximum atomic E-state index is 12.9. The molecular weight excluding hydrogens is 439 g/mol. The predicted molar refractivity (Wildman–Crippen MR) is 109 cm³/mol. The second-order valence-corrected chi connectivity index (χ2v) is 9.21. The van der Waals surface area contributed by atoms with Gasteiger partial charge in [0.2, 0.25) is 10.0 Å². The van der Waals surface area contributed by atoms with Gasteiger partial charge in [0.25, 0.3) is 0 Å². The van der Waals surface area contributed by atoms with E-state index in [2.05, 4.69) is 4.98 Å². The van der Waals surface area contributed by atoms with Crippen LogP contribution in [0.1, 0.15) is 5.56 Å². The third kappa shape index (κ3) is 3.97. The fraction of sp³-hybridized carbons (Fsp3) is 0.250. The topological polar surface area (TPSA) is 53.5 Å². The van der Waals surface area contributed by atoms with Gasteiger partial charge in [0.1, 0.15) is 11.0 Å². The molecule has 10 heteroatoms. The van der Waals surface area contributed by atoms with Gasteiger partial charge in [-0.25, -0.2) is 13.4 Å². The molecular formula is C20H17ClF3N3O2S. The van der Waals surface area contributed by atoms with Gasteiger partial charge in [-0.3, -0.25) is 0 Å². The number of alkyl halides is 3. The van der Waals surface area contributed by atoms with Crippen LogP contribution < -0.4 is 4.90 Å². The van der Waals surface area contributed by atoms with E-state index < -0.39 is 21.8 Å². The molecule has 0 spiro atoms. The molecule has 4 rings (SSSR count). The lowest BCUT2D eigenvalue weighted by Gasteiger charge is -2.35. The minimum Gasteiger partial charge on any atom is -0.354 e. The standard InChI is InChI=1S/C20H17ClF3N3O2S/c21-19-17-7-2-1-4-14(17)12-18(25-19)26-8-10-27(11-9-26)30(28,29)16-6-3-5-15(13-16)20(22,23)24/h1-7,12-13H,8-11H2. The molecule has 0 amide bonds. The molecule has 1 aliphatic heterocycles. The zero-order valence-corrected chi connectivity index (χ0v) is 17.2. The van der Waals surface area contributed by atoms with Gasteiger partial charge in [-0.2, -0.15) is 17.5 Å². The van der Waals surface area contributed by atoms with Crippen molar-refractivity contribution >= 4 is 38.2 Å². The zero-order chi connectivity index (χ0) is 21.5. The highest BCUT2D eigenvalue weighted by atomic mass is 35.5. The lowest BCUT2D eigenvalue weighted by molar-refractivity contribution is -0.137. The second-order valence-electron chi connectivity index (χ2n) is 6.91. The number of nitrogens with zero attached hydrogens (tertiary/aromatic N) is 3. The summed E-state index contributed by atoms with van der Waals surface area (Å²) in [4.78, 5) is 5.96. The SMILES string of the molecule is O=S(=O)(c1cccc(C(F)(F)F)c1)N1CCN(c2cc3ccccc3c(Cl)n2)CC1. The molecule has 0 saturated carbocycles. The van der Waals surface area contributed by atoms with Crippen LogP contribution in [0.4, 0.5) is 19.0 Å². The van der Waals surface area contributed by atoms with Crippen LogP contribution in [0.5, 0.6) is 0 Å². The van der Waals surface area contributed by atoms with E-state index in [-0.39, 0.29) is 18.0 Å². The molecule has 1 saturated heterocycles. The first-order valence-electron chi connectivity index (χ1n) is 9.14. The smallest absolute Gasteiger partial charge is 0.354 e. The van der Waals surface area contributed by atoms with Gasteiger partial charge in [-0.15, -0.1) is 0 Å². The Morgan fingerprint density at radius 2 is 1.63 bits per heavy atom. The maximum absolute atomic E-state index is 12.9. The summed E-state index contributed by atoms with van der Waals surface area (Å²) >= 11 is 6.28. The number of halogens is 4. The summed E-state index contributed by atoms with van der Waals surface area (Å²) in [5.41, 5.74) is -0.989. The lowest BCUT2D eigenvalue weighted by Crippen LogP contribution is -2.49. The molecule has 1 aromatic heterocycles. The largest absolute Gasteiger partial charge is 0.416 e. The molecule has 2 heterocycles. The molecule has 30 heavy (non-hydrogen) atoms.